The van der Waals surface area contributed by atoms with E-state index in [0.717, 1.165) is 0 Å². The third kappa shape index (κ3) is 1.58. The molecule has 0 amide bonds. The fraction of sp³-hybridized carbons (Fsp3) is 0.333. The summed E-state index contributed by atoms with van der Waals surface area (Å²) in [7, 11) is 0. The topological polar surface area (TPSA) is 0 Å². The van der Waals surface area contributed by atoms with Crippen molar-refractivity contribution < 1.29 is 0 Å². The van der Waals surface area contributed by atoms with E-state index < -0.39 is 0 Å². The molecule has 2 aliphatic carbocycles. The van der Waals surface area contributed by atoms with Crippen molar-refractivity contribution in [1.29, 1.82) is 0 Å². The van der Waals surface area contributed by atoms with Gasteiger partial charge in [-0.05, 0) is 29.0 Å². The zero-order valence-corrected chi connectivity index (χ0v) is 10.9. The van der Waals surface area contributed by atoms with Crippen LogP contribution in [0.25, 0.3) is 6.08 Å². The third-order valence-corrected chi connectivity index (χ3v) is 4.48. The molecule has 0 bridgehead atoms. The Morgan fingerprint density at radius 1 is 1.19 bits per heavy atom. The van der Waals surface area contributed by atoms with Crippen LogP contribution < -0.4 is 0 Å². The Bertz CT molecular complexity index is 470. The summed E-state index contributed by atoms with van der Waals surface area (Å²) in [4.78, 5) is 0.577. The minimum absolute atomic E-state index is 0.553. The minimum Gasteiger partial charge on any atom is -0.0880 e. The first kappa shape index (κ1) is 10.3. The van der Waals surface area contributed by atoms with E-state index in [2.05, 4.69) is 65.3 Å². The van der Waals surface area contributed by atoms with Gasteiger partial charge in [-0.2, -0.15) is 0 Å². The van der Waals surface area contributed by atoms with E-state index in [1.807, 2.05) is 0 Å². The lowest BCUT2D eigenvalue weighted by Crippen LogP contribution is -2.23. The van der Waals surface area contributed by atoms with Gasteiger partial charge in [0.1, 0.15) is 0 Å². The van der Waals surface area contributed by atoms with Crippen LogP contribution in [0.2, 0.25) is 0 Å². The van der Waals surface area contributed by atoms with Crippen molar-refractivity contribution in [2.45, 2.75) is 24.1 Å². The Labute approximate surface area is 105 Å². The van der Waals surface area contributed by atoms with Crippen LogP contribution in [-0.4, -0.2) is 4.83 Å². The average molecular weight is 275 g/mol. The first-order valence-corrected chi connectivity index (χ1v) is 6.80. The van der Waals surface area contributed by atoms with Crippen molar-refractivity contribution in [2.75, 3.05) is 0 Å². The Morgan fingerprint density at radius 2 is 2.00 bits per heavy atom. The second kappa shape index (κ2) is 3.89. The summed E-state index contributed by atoms with van der Waals surface area (Å²) in [6.45, 7) is 2.30. The molecule has 0 heterocycles. The van der Waals surface area contributed by atoms with Crippen LogP contribution in [0.5, 0.6) is 0 Å². The summed E-state index contributed by atoms with van der Waals surface area (Å²) >= 11 is 3.87. The summed E-state index contributed by atoms with van der Waals surface area (Å²) < 4.78 is 0. The highest BCUT2D eigenvalue weighted by Crippen LogP contribution is 2.44. The highest BCUT2D eigenvalue weighted by Gasteiger charge is 2.31. The van der Waals surface area contributed by atoms with Gasteiger partial charge in [-0.1, -0.05) is 65.3 Å². The molecule has 0 radical (unpaired) electrons. The molecule has 1 aromatic carbocycles. The van der Waals surface area contributed by atoms with Gasteiger partial charge in [0.2, 0.25) is 0 Å². The molecule has 0 saturated carbocycles. The summed E-state index contributed by atoms with van der Waals surface area (Å²) in [5, 5.41) is 0. The van der Waals surface area contributed by atoms with Crippen molar-refractivity contribution in [1.82, 2.24) is 0 Å². The van der Waals surface area contributed by atoms with Crippen molar-refractivity contribution in [3.05, 3.63) is 53.1 Å². The van der Waals surface area contributed by atoms with Gasteiger partial charge < -0.3 is 0 Å². The van der Waals surface area contributed by atoms with Crippen LogP contribution in [-0.2, 0) is 0 Å². The largest absolute Gasteiger partial charge is 0.0880 e. The number of halogens is 1. The van der Waals surface area contributed by atoms with E-state index in [0.29, 0.717) is 16.7 Å². The summed E-state index contributed by atoms with van der Waals surface area (Å²) in [6, 6.07) is 8.74. The lowest BCUT2D eigenvalue weighted by molar-refractivity contribution is 0.550. The smallest absolute Gasteiger partial charge is 0.0260 e. The van der Waals surface area contributed by atoms with Crippen molar-refractivity contribution in [3.63, 3.8) is 0 Å². The monoisotopic (exact) mass is 274 g/mol. The Hall–Kier alpha value is -0.820. The van der Waals surface area contributed by atoms with E-state index in [1.54, 1.807) is 0 Å². The fourth-order valence-corrected chi connectivity index (χ4v) is 4.05. The van der Waals surface area contributed by atoms with Crippen molar-refractivity contribution >= 4 is 22.0 Å². The molecule has 0 N–H and O–H groups in total. The number of allylic oxidation sites excluding steroid dienone is 3. The molecule has 82 valence electrons. The van der Waals surface area contributed by atoms with E-state index in [9.17, 15) is 0 Å². The van der Waals surface area contributed by atoms with Gasteiger partial charge in [0.05, 0.1) is 0 Å². The van der Waals surface area contributed by atoms with Gasteiger partial charge in [-0.15, -0.1) is 0 Å². The van der Waals surface area contributed by atoms with E-state index >= 15 is 0 Å². The van der Waals surface area contributed by atoms with Gasteiger partial charge in [0.25, 0.3) is 0 Å². The molecule has 3 rings (SSSR count). The molecule has 0 fully saturated rings. The standard InChI is InChI=1S/C15H15Br/c1-10-8-12-7-6-11-4-2-3-5-13(11)15(12)14(16)9-10/h2-8,10,14-15H,9H2,1H3/t10?,14?,15-/m1/s1. The lowest BCUT2D eigenvalue weighted by Gasteiger charge is -2.34. The van der Waals surface area contributed by atoms with Crippen molar-refractivity contribution in [2.24, 2.45) is 5.92 Å². The quantitative estimate of drug-likeness (QED) is 0.610. The molecule has 0 spiro atoms. The molecule has 1 heteroatoms. The number of alkyl halides is 1. The van der Waals surface area contributed by atoms with Gasteiger partial charge in [0, 0.05) is 10.7 Å². The maximum absolute atomic E-state index is 3.87. The number of benzene rings is 1. The summed E-state index contributed by atoms with van der Waals surface area (Å²) in [6.07, 6.45) is 8.19. The second-order valence-corrected chi connectivity index (χ2v) is 6.01. The number of hydrogen-bond acceptors (Lipinski definition) is 0. The molecule has 2 unspecified atom stereocenters. The van der Waals surface area contributed by atoms with Gasteiger partial charge >= 0.3 is 0 Å². The highest BCUT2D eigenvalue weighted by molar-refractivity contribution is 9.09. The Kier molecular flexibility index (Phi) is 2.51. The first-order valence-electron chi connectivity index (χ1n) is 5.88. The maximum atomic E-state index is 3.87. The zero-order chi connectivity index (χ0) is 11.1. The molecule has 1 aromatic rings. The van der Waals surface area contributed by atoms with Crippen LogP contribution >= 0.6 is 15.9 Å². The predicted molar refractivity (Wildman–Crippen MR) is 72.8 cm³/mol. The first-order chi connectivity index (χ1) is 7.75. The highest BCUT2D eigenvalue weighted by atomic mass is 79.9. The molecule has 0 nitrogen and oxygen atoms in total. The normalized spacial score (nSPS) is 31.6. The molecule has 3 atom stereocenters. The fourth-order valence-electron chi connectivity index (χ4n) is 2.87. The molecule has 0 aliphatic heterocycles. The zero-order valence-electron chi connectivity index (χ0n) is 9.36. The molecule has 2 aliphatic rings. The summed E-state index contributed by atoms with van der Waals surface area (Å²) in [5.74, 6) is 1.24. The van der Waals surface area contributed by atoms with Gasteiger partial charge in [0.15, 0.2) is 0 Å². The van der Waals surface area contributed by atoms with E-state index in [1.165, 1.54) is 23.1 Å². The summed E-state index contributed by atoms with van der Waals surface area (Å²) in [5.41, 5.74) is 4.34. The molecular formula is C15H15Br. The Balaban J connectivity index is 2.14. The average Bonchev–Trinajstić information content (AvgIpc) is 2.28. The molecular weight excluding hydrogens is 260 g/mol. The van der Waals surface area contributed by atoms with Crippen LogP contribution in [0.1, 0.15) is 30.4 Å². The van der Waals surface area contributed by atoms with Crippen molar-refractivity contribution in [3.8, 4) is 0 Å². The maximum Gasteiger partial charge on any atom is 0.0260 e. The SMILES string of the molecule is CC1C=C2C=Cc3ccccc3[C@@H]2C(Br)C1. The van der Waals surface area contributed by atoms with Crippen LogP contribution in [0, 0.1) is 5.92 Å². The van der Waals surface area contributed by atoms with Crippen LogP contribution in [0.4, 0.5) is 0 Å². The lowest BCUT2D eigenvalue weighted by atomic mass is 9.75. The number of hydrogen-bond donors (Lipinski definition) is 0. The van der Waals surface area contributed by atoms with Crippen LogP contribution in [0.15, 0.2) is 42.0 Å². The predicted octanol–water partition coefficient (Wildman–Crippen LogP) is 4.53. The minimum atomic E-state index is 0.553. The van der Waals surface area contributed by atoms with E-state index in [4.69, 9.17) is 0 Å². The molecule has 16 heavy (non-hydrogen) atoms. The second-order valence-electron chi connectivity index (χ2n) is 4.84. The number of fused-ring (bicyclic) bond motifs is 3. The van der Waals surface area contributed by atoms with Gasteiger partial charge in [-0.3, -0.25) is 0 Å². The third-order valence-electron chi connectivity index (χ3n) is 3.58. The Morgan fingerprint density at radius 3 is 2.88 bits per heavy atom. The number of rotatable bonds is 0. The van der Waals surface area contributed by atoms with Crippen LogP contribution in [0.3, 0.4) is 0 Å². The molecule has 0 aromatic heterocycles. The molecule has 0 saturated heterocycles. The van der Waals surface area contributed by atoms with Gasteiger partial charge in [-0.25, -0.2) is 0 Å². The van der Waals surface area contributed by atoms with E-state index in [-0.39, 0.29) is 0 Å².